The molecule has 1 aromatic rings. The molecule has 5 heteroatoms. The molecule has 14 heavy (non-hydrogen) atoms. The summed E-state index contributed by atoms with van der Waals surface area (Å²) in [5.41, 5.74) is 0.550. The largest absolute Gasteiger partial charge is 0.480 e. The van der Waals surface area contributed by atoms with Gasteiger partial charge in [0.2, 0.25) is 0 Å². The lowest BCUT2D eigenvalue weighted by atomic mass is 10.2. The van der Waals surface area contributed by atoms with Gasteiger partial charge in [-0.1, -0.05) is 18.2 Å². The van der Waals surface area contributed by atoms with Crippen LogP contribution in [0.5, 0.6) is 0 Å². The number of rotatable bonds is 4. The van der Waals surface area contributed by atoms with Crippen molar-refractivity contribution in [3.05, 3.63) is 30.3 Å². The van der Waals surface area contributed by atoms with Crippen LogP contribution in [0.1, 0.15) is 0 Å². The second-order valence-electron chi connectivity index (χ2n) is 2.78. The third-order valence-corrected chi connectivity index (χ3v) is 1.85. The number of nitrogens with zero attached hydrogens (tertiary/aromatic N) is 1. The molecule has 1 rings (SSSR count). The number of anilines is 1. The van der Waals surface area contributed by atoms with Crippen LogP contribution in [0.3, 0.4) is 0 Å². The summed E-state index contributed by atoms with van der Waals surface area (Å²) in [6.45, 7) is -0.527. The van der Waals surface area contributed by atoms with Gasteiger partial charge in [0.25, 0.3) is 0 Å². The molecule has 1 atom stereocenters. The van der Waals surface area contributed by atoms with Crippen molar-refractivity contribution >= 4 is 11.7 Å². The summed E-state index contributed by atoms with van der Waals surface area (Å²) in [4.78, 5) is 10.7. The molecule has 0 bridgehead atoms. The minimum Gasteiger partial charge on any atom is -0.480 e. The van der Waals surface area contributed by atoms with E-state index < -0.39 is 18.6 Å². The van der Waals surface area contributed by atoms with Crippen LogP contribution in [0.15, 0.2) is 30.3 Å². The van der Waals surface area contributed by atoms with Crippen molar-refractivity contribution in [2.45, 2.75) is 6.04 Å². The number of hydrogen-bond donors (Lipinski definition) is 3. The molecule has 0 aliphatic carbocycles. The minimum absolute atomic E-state index is 0.527. The third-order valence-electron chi connectivity index (χ3n) is 1.85. The number of carboxylic acid groups (broad SMARTS) is 1. The summed E-state index contributed by atoms with van der Waals surface area (Å²) in [5, 5.41) is 18.6. The van der Waals surface area contributed by atoms with Gasteiger partial charge in [-0.05, 0) is 12.1 Å². The average molecular weight is 196 g/mol. The van der Waals surface area contributed by atoms with Gasteiger partial charge >= 0.3 is 5.97 Å². The fourth-order valence-corrected chi connectivity index (χ4v) is 1.07. The van der Waals surface area contributed by atoms with Crippen molar-refractivity contribution < 1.29 is 15.0 Å². The van der Waals surface area contributed by atoms with Crippen LogP contribution in [0.25, 0.3) is 0 Å². The zero-order valence-corrected chi connectivity index (χ0v) is 7.50. The predicted octanol–water partition coefficient (Wildman–Crippen LogP) is -0.188. The number of carbonyl (C=O) groups is 1. The Balaban J connectivity index is 2.83. The molecule has 0 amide bonds. The molecule has 0 aliphatic rings. The molecule has 0 spiro atoms. The highest BCUT2D eigenvalue weighted by Gasteiger charge is 2.22. The summed E-state index contributed by atoms with van der Waals surface area (Å²) >= 11 is 0. The van der Waals surface area contributed by atoms with E-state index in [2.05, 4.69) is 0 Å². The van der Waals surface area contributed by atoms with E-state index in [0.29, 0.717) is 5.69 Å². The fourth-order valence-electron chi connectivity index (χ4n) is 1.07. The van der Waals surface area contributed by atoms with Gasteiger partial charge in [0.05, 0.1) is 12.3 Å². The number of aliphatic hydroxyl groups excluding tert-OH is 1. The van der Waals surface area contributed by atoms with Crippen LogP contribution in [0.4, 0.5) is 5.69 Å². The number of hydrazine groups is 1. The molecule has 0 aromatic heterocycles. The maximum absolute atomic E-state index is 10.7. The van der Waals surface area contributed by atoms with E-state index in [1.807, 2.05) is 0 Å². The summed E-state index contributed by atoms with van der Waals surface area (Å²) in [7, 11) is 0. The number of aliphatic hydroxyl groups is 1. The second kappa shape index (κ2) is 4.59. The molecule has 0 radical (unpaired) electrons. The van der Waals surface area contributed by atoms with Crippen LogP contribution >= 0.6 is 0 Å². The van der Waals surface area contributed by atoms with Crippen LogP contribution in [0, 0.1) is 0 Å². The normalized spacial score (nSPS) is 12.1. The van der Waals surface area contributed by atoms with E-state index >= 15 is 0 Å². The monoisotopic (exact) mass is 196 g/mol. The third kappa shape index (κ3) is 2.21. The van der Waals surface area contributed by atoms with E-state index in [1.54, 1.807) is 30.3 Å². The first-order valence-electron chi connectivity index (χ1n) is 4.09. The SMILES string of the molecule is NN(c1ccccc1)C(CO)C(=O)O. The first-order chi connectivity index (χ1) is 6.66. The Labute approximate surface area is 81.3 Å². The molecule has 0 saturated carbocycles. The van der Waals surface area contributed by atoms with Gasteiger partial charge in [-0.25, -0.2) is 10.6 Å². The number of hydrogen-bond acceptors (Lipinski definition) is 4. The Morgan fingerprint density at radius 1 is 1.43 bits per heavy atom. The van der Waals surface area contributed by atoms with Crippen LogP contribution in [-0.2, 0) is 4.79 Å². The van der Waals surface area contributed by atoms with Crippen LogP contribution < -0.4 is 10.9 Å². The lowest BCUT2D eigenvalue weighted by molar-refractivity contribution is -0.139. The molecule has 0 heterocycles. The second-order valence-corrected chi connectivity index (χ2v) is 2.78. The van der Waals surface area contributed by atoms with E-state index in [-0.39, 0.29) is 0 Å². The number of nitrogens with two attached hydrogens (primary N) is 1. The number of benzene rings is 1. The number of para-hydroxylation sites is 1. The minimum atomic E-state index is -1.15. The van der Waals surface area contributed by atoms with E-state index in [4.69, 9.17) is 16.1 Å². The first-order valence-corrected chi connectivity index (χ1v) is 4.09. The molecule has 4 N–H and O–H groups in total. The zero-order chi connectivity index (χ0) is 10.6. The summed E-state index contributed by atoms with van der Waals surface area (Å²) in [5.74, 6) is 4.39. The Hall–Kier alpha value is -1.59. The van der Waals surface area contributed by atoms with Gasteiger partial charge in [-0.2, -0.15) is 0 Å². The van der Waals surface area contributed by atoms with Crippen molar-refractivity contribution in [2.75, 3.05) is 11.6 Å². The smallest absolute Gasteiger partial charge is 0.330 e. The highest BCUT2D eigenvalue weighted by Crippen LogP contribution is 2.12. The molecule has 1 aromatic carbocycles. The molecular formula is C9H12N2O3. The molecule has 76 valence electrons. The Bertz CT molecular complexity index is 302. The topological polar surface area (TPSA) is 86.8 Å². The lowest BCUT2D eigenvalue weighted by Gasteiger charge is -2.24. The van der Waals surface area contributed by atoms with Gasteiger partial charge in [-0.3, -0.25) is 5.01 Å². The summed E-state index contributed by atoms with van der Waals surface area (Å²) in [6.07, 6.45) is 0. The van der Waals surface area contributed by atoms with Crippen molar-refractivity contribution in [1.29, 1.82) is 0 Å². The van der Waals surface area contributed by atoms with Gasteiger partial charge in [0.1, 0.15) is 0 Å². The van der Waals surface area contributed by atoms with Gasteiger partial charge in [0, 0.05) is 0 Å². The molecular weight excluding hydrogens is 184 g/mol. The van der Waals surface area contributed by atoms with E-state index in [0.717, 1.165) is 5.01 Å². The van der Waals surface area contributed by atoms with E-state index in [9.17, 15) is 4.79 Å². The van der Waals surface area contributed by atoms with Gasteiger partial charge in [0.15, 0.2) is 6.04 Å². The van der Waals surface area contributed by atoms with Crippen molar-refractivity contribution in [3.63, 3.8) is 0 Å². The lowest BCUT2D eigenvalue weighted by Crippen LogP contribution is -2.48. The molecule has 0 fully saturated rings. The maximum atomic E-state index is 10.7. The standard InChI is InChI=1S/C9H12N2O3/c10-11(8(6-12)9(13)14)7-4-2-1-3-5-7/h1-5,8,12H,6,10H2,(H,13,14). The zero-order valence-electron chi connectivity index (χ0n) is 7.50. The molecule has 1 unspecified atom stereocenters. The van der Waals surface area contributed by atoms with Crippen LogP contribution in [0.2, 0.25) is 0 Å². The number of aliphatic carboxylic acids is 1. The van der Waals surface area contributed by atoms with Crippen molar-refractivity contribution in [1.82, 2.24) is 0 Å². The summed E-state index contributed by atoms with van der Waals surface area (Å²) in [6, 6.07) is 7.51. The highest BCUT2D eigenvalue weighted by atomic mass is 16.4. The average Bonchev–Trinajstić information content (AvgIpc) is 2.19. The first kappa shape index (κ1) is 10.5. The number of carboxylic acids is 1. The Morgan fingerprint density at radius 3 is 2.43 bits per heavy atom. The Kier molecular flexibility index (Phi) is 3.44. The molecule has 0 aliphatic heterocycles. The molecule has 5 nitrogen and oxygen atoms in total. The maximum Gasteiger partial charge on any atom is 0.330 e. The Morgan fingerprint density at radius 2 is 2.00 bits per heavy atom. The predicted molar refractivity (Wildman–Crippen MR) is 51.6 cm³/mol. The van der Waals surface area contributed by atoms with Crippen molar-refractivity contribution in [2.24, 2.45) is 5.84 Å². The summed E-state index contributed by atoms with van der Waals surface area (Å²) < 4.78 is 0. The molecule has 0 saturated heterocycles. The van der Waals surface area contributed by atoms with Crippen molar-refractivity contribution in [3.8, 4) is 0 Å². The van der Waals surface area contributed by atoms with Gasteiger partial charge < -0.3 is 10.2 Å². The fraction of sp³-hybridized carbons (Fsp3) is 0.222. The quantitative estimate of drug-likeness (QED) is 0.459. The van der Waals surface area contributed by atoms with Crippen LogP contribution in [-0.4, -0.2) is 28.8 Å². The van der Waals surface area contributed by atoms with Gasteiger partial charge in [-0.15, -0.1) is 0 Å². The highest BCUT2D eigenvalue weighted by molar-refractivity contribution is 5.77. The van der Waals surface area contributed by atoms with E-state index in [1.165, 1.54) is 0 Å².